The van der Waals surface area contributed by atoms with Crippen molar-refractivity contribution in [2.24, 2.45) is 5.41 Å². The van der Waals surface area contributed by atoms with Gasteiger partial charge in [0, 0.05) is 13.2 Å². The van der Waals surface area contributed by atoms with E-state index in [2.05, 4.69) is 0 Å². The SMILES string of the molecule is CCOCCC(CCS(=O)(=O)O)(CCS(=O)(=O)O)CCS(=O)(=O)O. The van der Waals surface area contributed by atoms with Gasteiger partial charge in [0.05, 0.1) is 17.3 Å². The zero-order valence-corrected chi connectivity index (χ0v) is 15.7. The van der Waals surface area contributed by atoms with E-state index < -0.39 is 53.0 Å². The molecule has 0 aromatic heterocycles. The maximum atomic E-state index is 11.0. The zero-order valence-electron chi connectivity index (χ0n) is 13.3. The quantitative estimate of drug-likeness (QED) is 0.281. The Bertz CT molecular complexity index is 589. The summed E-state index contributed by atoms with van der Waals surface area (Å²) in [7, 11) is -13.1. The Kier molecular flexibility index (Phi) is 9.28. The van der Waals surface area contributed by atoms with Gasteiger partial charge in [-0.1, -0.05) is 0 Å². The molecule has 0 aromatic carbocycles. The highest BCUT2D eigenvalue weighted by atomic mass is 32.2. The molecule has 24 heavy (non-hydrogen) atoms. The number of hydrogen-bond donors (Lipinski definition) is 3. The van der Waals surface area contributed by atoms with Gasteiger partial charge in [-0.25, -0.2) is 0 Å². The molecule has 0 amide bonds. The van der Waals surface area contributed by atoms with Gasteiger partial charge in [0.2, 0.25) is 0 Å². The van der Waals surface area contributed by atoms with Gasteiger partial charge in [-0.2, -0.15) is 25.3 Å². The molecule has 0 aliphatic rings. The minimum atomic E-state index is -4.36. The van der Waals surface area contributed by atoms with Crippen molar-refractivity contribution in [1.29, 1.82) is 0 Å². The summed E-state index contributed by atoms with van der Waals surface area (Å²) in [5.41, 5.74) is -1.17. The van der Waals surface area contributed by atoms with E-state index in [9.17, 15) is 25.3 Å². The van der Waals surface area contributed by atoms with Gasteiger partial charge < -0.3 is 4.74 Å². The van der Waals surface area contributed by atoms with Gasteiger partial charge in [-0.15, -0.1) is 0 Å². The first-order chi connectivity index (χ1) is 10.7. The van der Waals surface area contributed by atoms with Crippen LogP contribution in [0.5, 0.6) is 0 Å². The van der Waals surface area contributed by atoms with Crippen LogP contribution in [0.3, 0.4) is 0 Å². The Morgan fingerprint density at radius 2 is 1.04 bits per heavy atom. The largest absolute Gasteiger partial charge is 0.382 e. The number of ether oxygens (including phenoxy) is 1. The predicted octanol–water partition coefficient (Wildman–Crippen LogP) is 0.233. The van der Waals surface area contributed by atoms with Crippen molar-refractivity contribution in [2.45, 2.75) is 32.6 Å². The van der Waals surface area contributed by atoms with Gasteiger partial charge in [0.15, 0.2) is 0 Å². The molecule has 0 aromatic rings. The van der Waals surface area contributed by atoms with Gasteiger partial charge in [-0.3, -0.25) is 13.7 Å². The molecule has 0 saturated heterocycles. The van der Waals surface area contributed by atoms with Crippen LogP contribution in [0, 0.1) is 5.41 Å². The first kappa shape index (κ1) is 23.7. The van der Waals surface area contributed by atoms with E-state index in [1.807, 2.05) is 0 Å². The summed E-state index contributed by atoms with van der Waals surface area (Å²) in [5.74, 6) is -2.14. The summed E-state index contributed by atoms with van der Waals surface area (Å²) in [6.45, 7) is 2.14. The molecule has 3 N–H and O–H groups in total. The van der Waals surface area contributed by atoms with E-state index in [1.165, 1.54) is 0 Å². The smallest absolute Gasteiger partial charge is 0.264 e. The molecular formula is C11H24O10S3. The number of rotatable bonds is 13. The first-order valence-electron chi connectivity index (χ1n) is 7.11. The van der Waals surface area contributed by atoms with Gasteiger partial charge in [0.1, 0.15) is 0 Å². The van der Waals surface area contributed by atoms with E-state index in [-0.39, 0.29) is 32.3 Å². The highest BCUT2D eigenvalue weighted by Gasteiger charge is 2.34. The van der Waals surface area contributed by atoms with Crippen molar-refractivity contribution in [2.75, 3.05) is 30.5 Å². The summed E-state index contributed by atoms with van der Waals surface area (Å²) in [6.07, 6.45) is -0.640. The van der Waals surface area contributed by atoms with E-state index >= 15 is 0 Å². The lowest BCUT2D eigenvalue weighted by atomic mass is 9.77. The average Bonchev–Trinajstić information content (AvgIpc) is 2.37. The molecule has 0 rings (SSSR count). The van der Waals surface area contributed by atoms with Crippen LogP contribution in [0.15, 0.2) is 0 Å². The topological polar surface area (TPSA) is 172 Å². The van der Waals surface area contributed by atoms with Gasteiger partial charge in [-0.05, 0) is 38.0 Å². The molecule has 0 spiro atoms. The van der Waals surface area contributed by atoms with Crippen molar-refractivity contribution in [1.82, 2.24) is 0 Å². The molecule has 0 atom stereocenters. The second-order valence-electron chi connectivity index (χ2n) is 5.56. The molecule has 0 unspecified atom stereocenters. The summed E-state index contributed by atoms with van der Waals surface area (Å²) in [5, 5.41) is 0. The second-order valence-corrected chi connectivity index (χ2v) is 10.3. The molecule has 0 heterocycles. The predicted molar refractivity (Wildman–Crippen MR) is 86.6 cm³/mol. The minimum Gasteiger partial charge on any atom is -0.382 e. The van der Waals surface area contributed by atoms with E-state index in [0.717, 1.165) is 0 Å². The lowest BCUT2D eigenvalue weighted by Gasteiger charge is -2.33. The molecule has 13 heteroatoms. The monoisotopic (exact) mass is 412 g/mol. The second kappa shape index (κ2) is 9.40. The molecule has 0 fully saturated rings. The molecule has 0 saturated carbocycles. The molecule has 10 nitrogen and oxygen atoms in total. The van der Waals surface area contributed by atoms with E-state index in [1.54, 1.807) is 6.92 Å². The van der Waals surface area contributed by atoms with Crippen molar-refractivity contribution < 1.29 is 43.6 Å². The fourth-order valence-electron chi connectivity index (χ4n) is 2.22. The van der Waals surface area contributed by atoms with Crippen LogP contribution in [0.25, 0.3) is 0 Å². The van der Waals surface area contributed by atoms with Gasteiger partial charge >= 0.3 is 0 Å². The van der Waals surface area contributed by atoms with Crippen LogP contribution in [0.4, 0.5) is 0 Å². The minimum absolute atomic E-state index is 0.0962. The molecule has 0 aliphatic heterocycles. The lowest BCUT2D eigenvalue weighted by molar-refractivity contribution is 0.0952. The van der Waals surface area contributed by atoms with E-state index in [4.69, 9.17) is 18.4 Å². The van der Waals surface area contributed by atoms with Crippen molar-refractivity contribution >= 4 is 30.4 Å². The summed E-state index contributed by atoms with van der Waals surface area (Å²) < 4.78 is 97.9. The van der Waals surface area contributed by atoms with Crippen LogP contribution in [-0.2, 0) is 35.1 Å². The number of hydrogen-bond acceptors (Lipinski definition) is 7. The van der Waals surface area contributed by atoms with Crippen LogP contribution in [0.2, 0.25) is 0 Å². The Hall–Kier alpha value is -0.310. The molecule has 146 valence electrons. The van der Waals surface area contributed by atoms with Crippen LogP contribution in [-0.4, -0.2) is 69.4 Å². The highest BCUT2D eigenvalue weighted by Crippen LogP contribution is 2.36. The summed E-state index contributed by atoms with van der Waals surface area (Å²) in [6, 6.07) is 0. The van der Waals surface area contributed by atoms with Crippen molar-refractivity contribution in [3.05, 3.63) is 0 Å². The normalized spacial score (nSPS) is 14.0. The fraction of sp³-hybridized carbons (Fsp3) is 1.00. The van der Waals surface area contributed by atoms with Crippen LogP contribution in [0.1, 0.15) is 32.6 Å². The van der Waals surface area contributed by atoms with Crippen LogP contribution < -0.4 is 0 Å². The Morgan fingerprint density at radius 1 is 0.708 bits per heavy atom. The Labute approximate surface area is 142 Å². The fourth-order valence-corrected chi connectivity index (χ4v) is 4.29. The van der Waals surface area contributed by atoms with E-state index in [0.29, 0.717) is 6.61 Å². The Balaban J connectivity index is 5.41. The highest BCUT2D eigenvalue weighted by molar-refractivity contribution is 7.86. The Morgan fingerprint density at radius 3 is 1.29 bits per heavy atom. The maximum absolute atomic E-state index is 11.0. The first-order valence-corrected chi connectivity index (χ1v) is 11.9. The third-order valence-corrected chi connectivity index (χ3v) is 5.81. The zero-order chi connectivity index (χ0) is 19.1. The molecule has 0 aliphatic carbocycles. The third kappa shape index (κ3) is 13.0. The standard InChI is InChI=1S/C11H24O10S3/c1-2-21-7-3-11(4-8-22(12,13)14,5-9-23(15,16)17)6-10-24(18,19)20/h2-10H2,1H3,(H,12,13,14)(H,15,16,17)(H,18,19,20). The summed E-state index contributed by atoms with van der Waals surface area (Å²) in [4.78, 5) is 0. The maximum Gasteiger partial charge on any atom is 0.264 e. The lowest BCUT2D eigenvalue weighted by Crippen LogP contribution is -2.31. The summed E-state index contributed by atoms with van der Waals surface area (Å²) >= 11 is 0. The average molecular weight is 413 g/mol. The van der Waals surface area contributed by atoms with Gasteiger partial charge in [0.25, 0.3) is 30.4 Å². The molecule has 0 radical (unpaired) electrons. The van der Waals surface area contributed by atoms with Crippen molar-refractivity contribution in [3.8, 4) is 0 Å². The van der Waals surface area contributed by atoms with Crippen LogP contribution >= 0.6 is 0 Å². The van der Waals surface area contributed by atoms with Crippen molar-refractivity contribution in [3.63, 3.8) is 0 Å². The third-order valence-electron chi connectivity index (χ3n) is 3.65. The molecule has 0 bridgehead atoms. The molecular weight excluding hydrogens is 388 g/mol.